The van der Waals surface area contributed by atoms with Crippen molar-refractivity contribution in [1.82, 2.24) is 15.2 Å². The number of benzene rings is 2. The van der Waals surface area contributed by atoms with Gasteiger partial charge >= 0.3 is 0 Å². The van der Waals surface area contributed by atoms with Crippen LogP contribution in [0.1, 0.15) is 23.6 Å². The number of fused-ring (bicyclic) bond motifs is 1. The van der Waals surface area contributed by atoms with Gasteiger partial charge in [-0.3, -0.25) is 4.79 Å². The fourth-order valence-corrected chi connectivity index (χ4v) is 3.17. The Morgan fingerprint density at radius 3 is 2.62 bits per heavy atom. The summed E-state index contributed by atoms with van der Waals surface area (Å²) in [5.74, 6) is -0.238. The fraction of sp³-hybridized carbons (Fsp3) is 0.286. The van der Waals surface area contributed by atoms with Gasteiger partial charge in [0.15, 0.2) is 0 Å². The Hall–Kier alpha value is -2.66. The molecule has 0 spiro atoms. The number of nitrogens with one attached hydrogen (secondary N) is 2. The summed E-state index contributed by atoms with van der Waals surface area (Å²) in [6.45, 7) is 0.491. The van der Waals surface area contributed by atoms with Gasteiger partial charge in [0.05, 0.1) is 6.04 Å². The average molecular weight is 353 g/mol. The van der Waals surface area contributed by atoms with Crippen molar-refractivity contribution in [2.45, 2.75) is 18.9 Å². The van der Waals surface area contributed by atoms with Crippen LogP contribution in [-0.2, 0) is 11.2 Å². The minimum Gasteiger partial charge on any atom is -0.361 e. The van der Waals surface area contributed by atoms with E-state index in [2.05, 4.69) is 16.4 Å². The molecule has 0 bridgehead atoms. The lowest BCUT2D eigenvalue weighted by molar-refractivity contribution is -0.121. The summed E-state index contributed by atoms with van der Waals surface area (Å²) in [6, 6.07) is 14.5. The monoisotopic (exact) mass is 353 g/mol. The van der Waals surface area contributed by atoms with Gasteiger partial charge in [0.2, 0.25) is 5.91 Å². The summed E-state index contributed by atoms with van der Waals surface area (Å²) >= 11 is 0. The van der Waals surface area contributed by atoms with Crippen molar-refractivity contribution in [3.8, 4) is 0 Å². The van der Waals surface area contributed by atoms with Crippen molar-refractivity contribution >= 4 is 16.8 Å². The van der Waals surface area contributed by atoms with Crippen molar-refractivity contribution in [2.24, 2.45) is 0 Å². The second-order valence-corrected chi connectivity index (χ2v) is 6.69. The van der Waals surface area contributed by atoms with Crippen LogP contribution in [0.2, 0.25) is 0 Å². The first-order chi connectivity index (χ1) is 12.5. The maximum absolute atomic E-state index is 13.1. The first-order valence-electron chi connectivity index (χ1n) is 8.78. The molecule has 0 saturated carbocycles. The van der Waals surface area contributed by atoms with E-state index < -0.39 is 0 Å². The molecule has 1 heterocycles. The summed E-state index contributed by atoms with van der Waals surface area (Å²) in [7, 11) is 3.90. The average Bonchev–Trinajstić information content (AvgIpc) is 3.04. The number of H-pyrrole nitrogens is 1. The molecule has 26 heavy (non-hydrogen) atoms. The van der Waals surface area contributed by atoms with Gasteiger partial charge in [-0.15, -0.1) is 0 Å². The first-order valence-corrected chi connectivity index (χ1v) is 8.78. The number of nitrogens with zero attached hydrogens (tertiary/aromatic N) is 1. The number of aromatic nitrogens is 1. The second kappa shape index (κ2) is 8.15. The van der Waals surface area contributed by atoms with Gasteiger partial charge in [0, 0.05) is 30.1 Å². The van der Waals surface area contributed by atoms with Crippen molar-refractivity contribution in [2.75, 3.05) is 20.6 Å². The largest absolute Gasteiger partial charge is 0.361 e. The van der Waals surface area contributed by atoms with Crippen molar-refractivity contribution in [3.63, 3.8) is 0 Å². The maximum atomic E-state index is 13.1. The molecule has 0 radical (unpaired) electrons. The predicted molar refractivity (Wildman–Crippen MR) is 102 cm³/mol. The number of amides is 1. The van der Waals surface area contributed by atoms with Crippen LogP contribution in [0.3, 0.4) is 0 Å². The van der Waals surface area contributed by atoms with Crippen LogP contribution in [0.25, 0.3) is 10.9 Å². The lowest BCUT2D eigenvalue weighted by Gasteiger charge is -2.25. The van der Waals surface area contributed by atoms with Gasteiger partial charge in [-0.05, 0) is 49.8 Å². The van der Waals surface area contributed by atoms with Crippen molar-refractivity contribution in [3.05, 3.63) is 71.7 Å². The molecule has 1 atom stereocenters. The van der Waals surface area contributed by atoms with Gasteiger partial charge < -0.3 is 15.2 Å². The van der Waals surface area contributed by atoms with Crippen LogP contribution in [0.5, 0.6) is 0 Å². The normalized spacial score (nSPS) is 12.5. The minimum absolute atomic E-state index is 0.00707. The Morgan fingerprint density at radius 2 is 1.88 bits per heavy atom. The van der Waals surface area contributed by atoms with E-state index in [0.29, 0.717) is 19.4 Å². The number of likely N-dealkylation sites (N-methyl/N-ethyl adjacent to an activating group) is 1. The van der Waals surface area contributed by atoms with Crippen LogP contribution in [0, 0.1) is 5.82 Å². The highest BCUT2D eigenvalue weighted by Crippen LogP contribution is 2.20. The number of carbonyl (C=O) groups is 1. The molecule has 0 fully saturated rings. The van der Waals surface area contributed by atoms with Gasteiger partial charge in [-0.1, -0.05) is 30.3 Å². The minimum atomic E-state index is -0.256. The van der Waals surface area contributed by atoms with Crippen molar-refractivity contribution in [1.29, 1.82) is 0 Å². The number of para-hydroxylation sites is 1. The van der Waals surface area contributed by atoms with Gasteiger partial charge in [0.25, 0.3) is 0 Å². The summed E-state index contributed by atoms with van der Waals surface area (Å²) in [5, 5.41) is 4.17. The van der Waals surface area contributed by atoms with E-state index in [1.165, 1.54) is 12.1 Å². The molecule has 3 rings (SSSR count). The molecule has 3 aromatic rings. The second-order valence-electron chi connectivity index (χ2n) is 6.69. The predicted octanol–water partition coefficient (Wildman–Crippen LogP) is 3.66. The molecule has 5 heteroatoms. The highest BCUT2D eigenvalue weighted by Gasteiger charge is 2.15. The van der Waals surface area contributed by atoms with Gasteiger partial charge in [-0.2, -0.15) is 0 Å². The van der Waals surface area contributed by atoms with Crippen LogP contribution in [-0.4, -0.2) is 36.4 Å². The summed E-state index contributed by atoms with van der Waals surface area (Å²) in [6.07, 6.45) is 3.10. The molecule has 1 amide bonds. The van der Waals surface area contributed by atoms with Crippen LogP contribution in [0.15, 0.2) is 54.7 Å². The number of hydrogen-bond acceptors (Lipinski definition) is 2. The van der Waals surface area contributed by atoms with E-state index in [4.69, 9.17) is 0 Å². The highest BCUT2D eigenvalue weighted by molar-refractivity contribution is 5.84. The third-order valence-corrected chi connectivity index (χ3v) is 4.67. The molecule has 4 nitrogen and oxygen atoms in total. The molecule has 0 unspecified atom stereocenters. The first kappa shape index (κ1) is 18.1. The summed E-state index contributed by atoms with van der Waals surface area (Å²) in [4.78, 5) is 17.5. The van der Waals surface area contributed by atoms with E-state index in [0.717, 1.165) is 22.0 Å². The molecule has 0 aliphatic heterocycles. The topological polar surface area (TPSA) is 48.1 Å². The SMILES string of the molecule is CN(C)[C@@H](CNC(=O)CCc1c[nH]c2ccccc12)c1ccc(F)cc1. The molecule has 0 aliphatic rings. The van der Waals surface area contributed by atoms with Gasteiger partial charge in [0.1, 0.15) is 5.82 Å². The zero-order chi connectivity index (χ0) is 18.5. The maximum Gasteiger partial charge on any atom is 0.220 e. The summed E-state index contributed by atoms with van der Waals surface area (Å²) < 4.78 is 13.1. The number of hydrogen-bond donors (Lipinski definition) is 2. The Balaban J connectivity index is 1.56. The molecule has 0 saturated heterocycles. The van der Waals surface area contributed by atoms with Gasteiger partial charge in [-0.25, -0.2) is 4.39 Å². The number of rotatable bonds is 7. The van der Waals surface area contributed by atoms with E-state index in [9.17, 15) is 9.18 Å². The molecule has 1 aromatic heterocycles. The van der Waals surface area contributed by atoms with E-state index >= 15 is 0 Å². The van der Waals surface area contributed by atoms with Crippen LogP contribution >= 0.6 is 0 Å². The smallest absolute Gasteiger partial charge is 0.220 e. The third-order valence-electron chi connectivity index (χ3n) is 4.67. The third kappa shape index (κ3) is 4.29. The lowest BCUT2D eigenvalue weighted by Crippen LogP contribution is -2.34. The Kier molecular flexibility index (Phi) is 5.68. The molecule has 136 valence electrons. The lowest BCUT2D eigenvalue weighted by atomic mass is 10.1. The quantitative estimate of drug-likeness (QED) is 0.681. The fourth-order valence-electron chi connectivity index (χ4n) is 3.17. The molecular formula is C21H24FN3O. The number of aromatic amines is 1. The molecular weight excluding hydrogens is 329 g/mol. The zero-order valence-electron chi connectivity index (χ0n) is 15.1. The zero-order valence-corrected chi connectivity index (χ0v) is 15.1. The van der Waals surface area contributed by atoms with Crippen LogP contribution in [0.4, 0.5) is 4.39 Å². The Bertz CT molecular complexity index is 870. The number of halogens is 1. The highest BCUT2D eigenvalue weighted by atomic mass is 19.1. The molecule has 2 aromatic carbocycles. The molecule has 2 N–H and O–H groups in total. The van der Waals surface area contributed by atoms with E-state index in [1.807, 2.05) is 43.4 Å². The van der Waals surface area contributed by atoms with E-state index in [1.54, 1.807) is 12.1 Å². The van der Waals surface area contributed by atoms with Crippen molar-refractivity contribution < 1.29 is 9.18 Å². The number of aryl methyl sites for hydroxylation is 1. The Morgan fingerprint density at radius 1 is 1.15 bits per heavy atom. The standard InChI is InChI=1S/C21H24FN3O/c1-25(2)20(15-7-10-17(22)11-8-15)14-24-21(26)12-9-16-13-23-19-6-4-3-5-18(16)19/h3-8,10-11,13,20,23H,9,12,14H2,1-2H3,(H,24,26)/t20-/m0/s1. The van der Waals surface area contributed by atoms with E-state index in [-0.39, 0.29) is 17.8 Å². The van der Waals surface area contributed by atoms with Crippen LogP contribution < -0.4 is 5.32 Å². The molecule has 0 aliphatic carbocycles. The summed E-state index contributed by atoms with van der Waals surface area (Å²) in [5.41, 5.74) is 3.22. The Labute approximate surface area is 153 Å². The number of carbonyl (C=O) groups excluding carboxylic acids is 1.